The van der Waals surface area contributed by atoms with Gasteiger partial charge in [-0.2, -0.15) is 11.8 Å². The molecule has 2 rings (SSSR count). The Morgan fingerprint density at radius 2 is 1.85 bits per heavy atom. The van der Waals surface area contributed by atoms with Crippen LogP contribution in [0, 0.1) is 0 Å². The fraction of sp³-hybridized carbons (Fsp3) is 0.316. The van der Waals surface area contributed by atoms with Crippen molar-refractivity contribution in [2.24, 2.45) is 0 Å². The lowest BCUT2D eigenvalue weighted by molar-refractivity contribution is -0.119. The number of thioether (sulfide) groups is 2. The van der Waals surface area contributed by atoms with E-state index in [4.69, 9.17) is 0 Å². The zero-order valence-corrected chi connectivity index (χ0v) is 17.9. The first kappa shape index (κ1) is 21.7. The van der Waals surface area contributed by atoms with Gasteiger partial charge in [-0.15, -0.1) is 11.8 Å². The van der Waals surface area contributed by atoms with Gasteiger partial charge in [0.05, 0.1) is 11.9 Å². The first-order valence-electron chi connectivity index (χ1n) is 8.40. The second-order valence-corrected chi connectivity index (χ2v) is 9.75. The van der Waals surface area contributed by atoms with E-state index in [9.17, 15) is 13.2 Å². The summed E-state index contributed by atoms with van der Waals surface area (Å²) in [5.74, 6) is 1.34. The zero-order chi connectivity index (χ0) is 19.7. The summed E-state index contributed by atoms with van der Waals surface area (Å²) in [6, 6.07) is 17.3. The first-order chi connectivity index (χ1) is 12.9. The maximum atomic E-state index is 12.2. The summed E-state index contributed by atoms with van der Waals surface area (Å²) in [6.45, 7) is 0.277. The topological polar surface area (TPSA) is 66.5 Å². The summed E-state index contributed by atoms with van der Waals surface area (Å²) in [5, 5.41) is 2.80. The number of carbonyl (C=O) groups excluding carboxylic acids is 1. The quantitative estimate of drug-likeness (QED) is 0.469. The van der Waals surface area contributed by atoms with Crippen molar-refractivity contribution < 1.29 is 13.2 Å². The number of nitrogens with zero attached hydrogens (tertiary/aromatic N) is 1. The van der Waals surface area contributed by atoms with Crippen LogP contribution in [0.15, 0.2) is 59.5 Å². The molecule has 0 unspecified atom stereocenters. The minimum Gasteiger partial charge on any atom is -0.354 e. The fourth-order valence-corrected chi connectivity index (χ4v) is 4.50. The second kappa shape index (κ2) is 10.6. The average molecular weight is 425 g/mol. The van der Waals surface area contributed by atoms with E-state index in [0.717, 1.165) is 27.0 Å². The van der Waals surface area contributed by atoms with Crippen LogP contribution < -0.4 is 9.62 Å². The van der Waals surface area contributed by atoms with Crippen LogP contribution in [0.4, 0.5) is 5.69 Å². The van der Waals surface area contributed by atoms with Gasteiger partial charge in [0.2, 0.25) is 15.9 Å². The van der Waals surface area contributed by atoms with Gasteiger partial charge in [-0.25, -0.2) is 8.42 Å². The molecule has 0 aliphatic rings. The van der Waals surface area contributed by atoms with Gasteiger partial charge in [-0.05, 0) is 30.0 Å². The number of carbonyl (C=O) groups is 1. The Morgan fingerprint density at radius 3 is 2.52 bits per heavy atom. The molecule has 5 nitrogen and oxygen atoms in total. The number of amides is 1. The van der Waals surface area contributed by atoms with Gasteiger partial charge in [-0.1, -0.05) is 36.4 Å². The van der Waals surface area contributed by atoms with Crippen molar-refractivity contribution in [3.8, 4) is 0 Å². The minimum atomic E-state index is -3.55. The van der Waals surface area contributed by atoms with Crippen molar-refractivity contribution in [3.05, 3.63) is 60.2 Å². The Morgan fingerprint density at radius 1 is 1.11 bits per heavy atom. The standard InChI is InChI=1S/C19H24N2O3S3/c1-25-18-10-6-9-17(13-18)21(27(2,23)24)14-19(22)20-11-12-26-15-16-7-4-3-5-8-16/h3-10,13H,11-12,14-15H2,1-2H3,(H,20,22). The van der Waals surface area contributed by atoms with Crippen LogP contribution in [0.5, 0.6) is 0 Å². The normalized spacial score (nSPS) is 11.2. The van der Waals surface area contributed by atoms with Gasteiger partial charge in [0.1, 0.15) is 6.54 Å². The number of nitrogens with one attached hydrogen (secondary N) is 1. The lowest BCUT2D eigenvalue weighted by Gasteiger charge is -2.22. The molecule has 0 bridgehead atoms. The SMILES string of the molecule is CSc1cccc(N(CC(=O)NCCSCc2ccccc2)S(C)(=O)=O)c1. The summed E-state index contributed by atoms with van der Waals surface area (Å²) in [5.41, 5.74) is 1.74. The van der Waals surface area contributed by atoms with Crippen LogP contribution in [0.1, 0.15) is 5.56 Å². The molecule has 0 atom stereocenters. The largest absolute Gasteiger partial charge is 0.354 e. The minimum absolute atomic E-state index is 0.222. The molecule has 27 heavy (non-hydrogen) atoms. The maximum absolute atomic E-state index is 12.2. The molecule has 1 amide bonds. The van der Waals surface area contributed by atoms with Crippen LogP contribution in [0.2, 0.25) is 0 Å². The number of anilines is 1. The van der Waals surface area contributed by atoms with Crippen LogP contribution in [0.25, 0.3) is 0 Å². The predicted molar refractivity (Wildman–Crippen MR) is 116 cm³/mol. The van der Waals surface area contributed by atoms with Crippen molar-refractivity contribution in [2.45, 2.75) is 10.6 Å². The number of sulfonamides is 1. The van der Waals surface area contributed by atoms with E-state index in [1.165, 1.54) is 17.3 Å². The molecule has 2 aromatic rings. The van der Waals surface area contributed by atoms with E-state index < -0.39 is 10.0 Å². The average Bonchev–Trinajstić information content (AvgIpc) is 2.66. The zero-order valence-electron chi connectivity index (χ0n) is 15.4. The molecule has 0 aromatic heterocycles. The van der Waals surface area contributed by atoms with E-state index in [0.29, 0.717) is 12.2 Å². The van der Waals surface area contributed by atoms with Gasteiger partial charge in [-0.3, -0.25) is 9.10 Å². The number of benzene rings is 2. The third-order valence-electron chi connectivity index (χ3n) is 3.71. The van der Waals surface area contributed by atoms with E-state index in [-0.39, 0.29) is 12.5 Å². The Bertz CT molecular complexity index is 842. The number of hydrogen-bond donors (Lipinski definition) is 1. The molecular formula is C19H24N2O3S3. The molecule has 2 aromatic carbocycles. The molecule has 1 N–H and O–H groups in total. The predicted octanol–water partition coefficient (Wildman–Crippen LogP) is 3.22. The van der Waals surface area contributed by atoms with Gasteiger partial charge < -0.3 is 5.32 Å². The van der Waals surface area contributed by atoms with Crippen LogP contribution in [-0.2, 0) is 20.6 Å². The Balaban J connectivity index is 1.85. The molecule has 0 aliphatic carbocycles. The summed E-state index contributed by atoms with van der Waals surface area (Å²) < 4.78 is 25.4. The number of hydrogen-bond acceptors (Lipinski definition) is 5. The summed E-state index contributed by atoms with van der Waals surface area (Å²) in [6.07, 6.45) is 3.03. The second-order valence-electron chi connectivity index (χ2n) is 5.86. The van der Waals surface area contributed by atoms with Gasteiger partial charge >= 0.3 is 0 Å². The van der Waals surface area contributed by atoms with Crippen molar-refractivity contribution in [2.75, 3.05) is 35.7 Å². The highest BCUT2D eigenvalue weighted by atomic mass is 32.2. The van der Waals surface area contributed by atoms with Gasteiger partial charge in [0, 0.05) is 22.9 Å². The molecule has 0 saturated heterocycles. The van der Waals surface area contributed by atoms with Gasteiger partial charge in [0.15, 0.2) is 0 Å². The monoisotopic (exact) mass is 424 g/mol. The Hall–Kier alpha value is -1.64. The van der Waals surface area contributed by atoms with Crippen LogP contribution in [0.3, 0.4) is 0 Å². The highest BCUT2D eigenvalue weighted by Gasteiger charge is 2.20. The van der Waals surface area contributed by atoms with Gasteiger partial charge in [0.25, 0.3) is 0 Å². The molecule has 0 spiro atoms. The molecule has 0 saturated carbocycles. The fourth-order valence-electron chi connectivity index (χ4n) is 2.38. The van der Waals surface area contributed by atoms with Crippen molar-refractivity contribution in [1.82, 2.24) is 5.32 Å². The molecule has 8 heteroatoms. The Kier molecular flexibility index (Phi) is 8.53. The third kappa shape index (κ3) is 7.48. The van der Waals surface area contributed by atoms with E-state index in [2.05, 4.69) is 17.4 Å². The first-order valence-corrected chi connectivity index (χ1v) is 12.6. The lowest BCUT2D eigenvalue weighted by Crippen LogP contribution is -2.41. The summed E-state index contributed by atoms with van der Waals surface area (Å²) >= 11 is 3.25. The van der Waals surface area contributed by atoms with Crippen molar-refractivity contribution >= 4 is 45.1 Å². The molecule has 146 valence electrons. The summed E-state index contributed by atoms with van der Waals surface area (Å²) in [4.78, 5) is 13.2. The smallest absolute Gasteiger partial charge is 0.240 e. The molecular weight excluding hydrogens is 400 g/mol. The maximum Gasteiger partial charge on any atom is 0.240 e. The molecule has 0 fully saturated rings. The third-order valence-corrected chi connectivity index (χ3v) is 6.61. The Labute approximate surface area is 170 Å². The van der Waals surface area contributed by atoms with Crippen LogP contribution in [-0.4, -0.2) is 45.7 Å². The van der Waals surface area contributed by atoms with Crippen molar-refractivity contribution in [3.63, 3.8) is 0 Å². The van der Waals surface area contributed by atoms with Crippen LogP contribution >= 0.6 is 23.5 Å². The summed E-state index contributed by atoms with van der Waals surface area (Å²) in [7, 11) is -3.55. The molecule has 0 heterocycles. The van der Waals surface area contributed by atoms with E-state index in [1.807, 2.05) is 30.5 Å². The molecule has 0 radical (unpaired) electrons. The van der Waals surface area contributed by atoms with E-state index >= 15 is 0 Å². The highest BCUT2D eigenvalue weighted by Crippen LogP contribution is 2.23. The van der Waals surface area contributed by atoms with E-state index in [1.54, 1.807) is 30.0 Å². The van der Waals surface area contributed by atoms with Crippen molar-refractivity contribution in [1.29, 1.82) is 0 Å². The highest BCUT2D eigenvalue weighted by molar-refractivity contribution is 7.98. The number of rotatable bonds is 10. The lowest BCUT2D eigenvalue weighted by atomic mass is 10.2. The molecule has 0 aliphatic heterocycles.